The lowest BCUT2D eigenvalue weighted by atomic mass is 10.1. The highest BCUT2D eigenvalue weighted by atomic mass is 16.3. The number of phenolic OH excluding ortho intramolecular Hbond substituents is 2. The molecule has 0 saturated carbocycles. The van der Waals surface area contributed by atoms with Crippen molar-refractivity contribution >= 4 is 29.5 Å². The van der Waals surface area contributed by atoms with Gasteiger partial charge in [0.25, 0.3) is 5.91 Å². The molecule has 23 heavy (non-hydrogen) atoms. The molecule has 2 aromatic rings. The van der Waals surface area contributed by atoms with Gasteiger partial charge < -0.3 is 10.2 Å². The van der Waals surface area contributed by atoms with Gasteiger partial charge in [0.05, 0.1) is 12.1 Å². The molecule has 0 aliphatic carbocycles. The highest BCUT2D eigenvalue weighted by Gasteiger charge is 2.22. The molecule has 0 atom stereocenters. The number of nitrogens with zero attached hydrogens (tertiary/aromatic N) is 2. The molecule has 1 amide bonds. The van der Waals surface area contributed by atoms with Crippen molar-refractivity contribution in [1.29, 1.82) is 0 Å². The molecule has 0 saturated heterocycles. The van der Waals surface area contributed by atoms with Gasteiger partial charge in [-0.15, -0.1) is 0 Å². The zero-order valence-corrected chi connectivity index (χ0v) is 12.6. The Kier molecular flexibility index (Phi) is 3.85. The van der Waals surface area contributed by atoms with E-state index in [1.165, 1.54) is 17.1 Å². The zero-order chi connectivity index (χ0) is 16.4. The highest BCUT2D eigenvalue weighted by molar-refractivity contribution is 6.12. The average molecular weight is 308 g/mol. The number of aromatic hydroxyl groups is 2. The van der Waals surface area contributed by atoms with Crippen molar-refractivity contribution in [2.24, 2.45) is 5.10 Å². The number of benzene rings is 2. The first-order valence-corrected chi connectivity index (χ1v) is 7.20. The molecule has 0 spiro atoms. The standard InChI is InChI=1S/C18H16N2O3/c1-12-10-18(23)20(19-12)15-7-4-13(5-8-15)2-3-14-6-9-16(21)17(22)11-14/h2-9,11,21-22H,10H2,1H3/b3-2+. The van der Waals surface area contributed by atoms with Crippen LogP contribution in [0.25, 0.3) is 12.2 Å². The molecular formula is C18H16N2O3. The third-order valence-electron chi connectivity index (χ3n) is 3.52. The SMILES string of the molecule is CC1=NN(c2ccc(/C=C/c3ccc(O)c(O)c3)cc2)C(=O)C1. The minimum absolute atomic E-state index is 0.0228. The minimum Gasteiger partial charge on any atom is -0.504 e. The van der Waals surface area contributed by atoms with Crippen molar-refractivity contribution in [3.63, 3.8) is 0 Å². The lowest BCUT2D eigenvalue weighted by molar-refractivity contribution is -0.116. The van der Waals surface area contributed by atoms with E-state index < -0.39 is 0 Å². The Morgan fingerprint density at radius 1 is 1.00 bits per heavy atom. The summed E-state index contributed by atoms with van der Waals surface area (Å²) in [5, 5.41) is 24.4. The van der Waals surface area contributed by atoms with Gasteiger partial charge >= 0.3 is 0 Å². The predicted octanol–water partition coefficient (Wildman–Crippen LogP) is 3.38. The van der Waals surface area contributed by atoms with Gasteiger partial charge in [-0.05, 0) is 42.3 Å². The fourth-order valence-electron chi connectivity index (χ4n) is 2.32. The van der Waals surface area contributed by atoms with Gasteiger partial charge in [0.15, 0.2) is 11.5 Å². The van der Waals surface area contributed by atoms with Gasteiger partial charge in [0.1, 0.15) is 0 Å². The normalized spacial score (nSPS) is 14.6. The quantitative estimate of drug-likeness (QED) is 0.674. The molecule has 2 N–H and O–H groups in total. The largest absolute Gasteiger partial charge is 0.504 e. The average Bonchev–Trinajstić information content (AvgIpc) is 2.87. The van der Waals surface area contributed by atoms with E-state index in [0.717, 1.165) is 22.5 Å². The van der Waals surface area contributed by atoms with Crippen LogP contribution in [0.4, 0.5) is 5.69 Å². The first-order chi connectivity index (χ1) is 11.0. The number of phenols is 2. The summed E-state index contributed by atoms with van der Waals surface area (Å²) < 4.78 is 0. The monoisotopic (exact) mass is 308 g/mol. The molecule has 0 aromatic heterocycles. The molecule has 0 unspecified atom stereocenters. The number of carbonyl (C=O) groups excluding carboxylic acids is 1. The van der Waals surface area contributed by atoms with E-state index in [1.54, 1.807) is 6.07 Å². The van der Waals surface area contributed by atoms with Crippen LogP contribution in [0.1, 0.15) is 24.5 Å². The molecule has 116 valence electrons. The Morgan fingerprint density at radius 2 is 1.65 bits per heavy atom. The van der Waals surface area contributed by atoms with E-state index in [1.807, 2.05) is 43.3 Å². The Balaban J connectivity index is 1.76. The second-order valence-electron chi connectivity index (χ2n) is 5.39. The summed E-state index contributed by atoms with van der Waals surface area (Å²) in [6.45, 7) is 1.84. The van der Waals surface area contributed by atoms with Crippen LogP contribution < -0.4 is 5.01 Å². The topological polar surface area (TPSA) is 73.1 Å². The van der Waals surface area contributed by atoms with Crippen molar-refractivity contribution < 1.29 is 15.0 Å². The molecular weight excluding hydrogens is 292 g/mol. The summed E-state index contributed by atoms with van der Waals surface area (Å²) in [4.78, 5) is 11.8. The van der Waals surface area contributed by atoms with Gasteiger partial charge in [-0.3, -0.25) is 4.79 Å². The number of hydrazone groups is 1. The van der Waals surface area contributed by atoms with Gasteiger partial charge in [0.2, 0.25) is 0 Å². The Hall–Kier alpha value is -3.08. The summed E-state index contributed by atoms with van der Waals surface area (Å²) in [7, 11) is 0. The van der Waals surface area contributed by atoms with Gasteiger partial charge in [-0.2, -0.15) is 5.10 Å². The first kappa shape index (κ1) is 14.8. The minimum atomic E-state index is -0.150. The summed E-state index contributed by atoms with van der Waals surface area (Å²) in [5.41, 5.74) is 3.28. The van der Waals surface area contributed by atoms with Crippen molar-refractivity contribution in [2.75, 3.05) is 5.01 Å². The van der Waals surface area contributed by atoms with Crippen molar-refractivity contribution in [2.45, 2.75) is 13.3 Å². The van der Waals surface area contributed by atoms with E-state index >= 15 is 0 Å². The number of rotatable bonds is 3. The van der Waals surface area contributed by atoms with Crippen LogP contribution in [0.2, 0.25) is 0 Å². The third kappa shape index (κ3) is 3.23. The fraction of sp³-hybridized carbons (Fsp3) is 0.111. The van der Waals surface area contributed by atoms with Crippen molar-refractivity contribution in [1.82, 2.24) is 0 Å². The van der Waals surface area contributed by atoms with Crippen molar-refractivity contribution in [3.05, 3.63) is 53.6 Å². The number of amides is 1. The fourth-order valence-corrected chi connectivity index (χ4v) is 2.32. The molecule has 2 aromatic carbocycles. The van der Waals surface area contributed by atoms with Crippen LogP contribution in [-0.4, -0.2) is 21.8 Å². The predicted molar refractivity (Wildman–Crippen MR) is 90.4 cm³/mol. The van der Waals surface area contributed by atoms with Crippen LogP contribution >= 0.6 is 0 Å². The maximum Gasteiger partial charge on any atom is 0.253 e. The van der Waals surface area contributed by atoms with Crippen LogP contribution in [0, 0.1) is 0 Å². The van der Waals surface area contributed by atoms with Crippen LogP contribution in [0.3, 0.4) is 0 Å². The molecule has 1 aliphatic rings. The van der Waals surface area contributed by atoms with E-state index in [4.69, 9.17) is 0 Å². The molecule has 5 nitrogen and oxygen atoms in total. The molecule has 3 rings (SSSR count). The highest BCUT2D eigenvalue weighted by Crippen LogP contribution is 2.26. The van der Waals surface area contributed by atoms with E-state index in [0.29, 0.717) is 6.42 Å². The van der Waals surface area contributed by atoms with E-state index in [9.17, 15) is 15.0 Å². The zero-order valence-electron chi connectivity index (χ0n) is 12.6. The molecule has 1 heterocycles. The smallest absolute Gasteiger partial charge is 0.253 e. The second-order valence-corrected chi connectivity index (χ2v) is 5.39. The molecule has 0 fully saturated rings. The van der Waals surface area contributed by atoms with Gasteiger partial charge in [-0.25, -0.2) is 5.01 Å². The third-order valence-corrected chi connectivity index (χ3v) is 3.52. The van der Waals surface area contributed by atoms with Crippen molar-refractivity contribution in [3.8, 4) is 11.5 Å². The van der Waals surface area contributed by atoms with Crippen LogP contribution in [-0.2, 0) is 4.79 Å². The summed E-state index contributed by atoms with van der Waals surface area (Å²) in [6, 6.07) is 12.1. The summed E-state index contributed by atoms with van der Waals surface area (Å²) in [6.07, 6.45) is 4.08. The maximum absolute atomic E-state index is 11.8. The van der Waals surface area contributed by atoms with Crippen LogP contribution in [0.15, 0.2) is 47.6 Å². The maximum atomic E-state index is 11.8. The lowest BCUT2D eigenvalue weighted by Crippen LogP contribution is -2.19. The second kappa shape index (κ2) is 5.96. The molecule has 0 bridgehead atoms. The first-order valence-electron chi connectivity index (χ1n) is 7.20. The molecule has 5 heteroatoms. The number of hydrogen-bond acceptors (Lipinski definition) is 4. The van der Waals surface area contributed by atoms with Crippen LogP contribution in [0.5, 0.6) is 11.5 Å². The summed E-state index contributed by atoms with van der Waals surface area (Å²) in [5.74, 6) is -0.314. The molecule has 1 aliphatic heterocycles. The van der Waals surface area contributed by atoms with E-state index in [2.05, 4.69) is 5.10 Å². The van der Waals surface area contributed by atoms with E-state index in [-0.39, 0.29) is 17.4 Å². The van der Waals surface area contributed by atoms with Gasteiger partial charge in [-0.1, -0.05) is 30.4 Å². The van der Waals surface area contributed by atoms with Gasteiger partial charge in [0, 0.05) is 5.71 Å². The number of anilines is 1. The Bertz CT molecular complexity index is 808. The Labute approximate surface area is 133 Å². The molecule has 0 radical (unpaired) electrons. The lowest BCUT2D eigenvalue weighted by Gasteiger charge is -2.11. The number of carbonyl (C=O) groups is 1. The summed E-state index contributed by atoms with van der Waals surface area (Å²) >= 11 is 0. The number of hydrogen-bond donors (Lipinski definition) is 2. The Morgan fingerprint density at radius 3 is 2.26 bits per heavy atom.